The summed E-state index contributed by atoms with van der Waals surface area (Å²) < 4.78 is 1.94. The molecule has 1 aliphatic rings. The number of nitro groups is 1. The Balaban J connectivity index is 1.66. The maximum atomic E-state index is 12.4. The van der Waals surface area contributed by atoms with Crippen molar-refractivity contribution < 1.29 is 9.72 Å². The van der Waals surface area contributed by atoms with Crippen LogP contribution in [0, 0.1) is 24.0 Å². The lowest BCUT2D eigenvalue weighted by atomic mass is 10.2. The van der Waals surface area contributed by atoms with Crippen molar-refractivity contribution in [1.29, 1.82) is 0 Å². The van der Waals surface area contributed by atoms with E-state index in [0.717, 1.165) is 22.6 Å². The molecule has 1 N–H and O–H groups in total. The first kappa shape index (κ1) is 19.7. The molecule has 4 rings (SSSR count). The molecule has 0 spiro atoms. The SMILES string of the molecule is Cc1cc(/C=C2/SC(=Nc3ccccc3)NC2=O)c(C)n1-c1cccc([N+](=O)[O-])c1. The van der Waals surface area contributed by atoms with Crippen molar-refractivity contribution in [2.45, 2.75) is 13.8 Å². The number of para-hydroxylation sites is 1. The molecule has 0 unspecified atom stereocenters. The first-order valence-corrected chi connectivity index (χ1v) is 10.0. The molecule has 0 saturated carbocycles. The number of non-ortho nitro benzene ring substituents is 1. The predicted molar refractivity (Wildman–Crippen MR) is 119 cm³/mol. The van der Waals surface area contributed by atoms with Crippen LogP contribution in [0.4, 0.5) is 11.4 Å². The summed E-state index contributed by atoms with van der Waals surface area (Å²) in [6.07, 6.45) is 1.82. The summed E-state index contributed by atoms with van der Waals surface area (Å²) in [5, 5.41) is 14.4. The number of amidine groups is 1. The van der Waals surface area contributed by atoms with Crippen LogP contribution in [0.15, 0.2) is 70.6 Å². The molecule has 1 saturated heterocycles. The van der Waals surface area contributed by atoms with E-state index in [2.05, 4.69) is 10.3 Å². The van der Waals surface area contributed by atoms with Gasteiger partial charge in [-0.05, 0) is 61.5 Å². The van der Waals surface area contributed by atoms with E-state index < -0.39 is 4.92 Å². The van der Waals surface area contributed by atoms with Gasteiger partial charge in [0, 0.05) is 23.5 Å². The summed E-state index contributed by atoms with van der Waals surface area (Å²) in [6, 6.07) is 17.9. The maximum absolute atomic E-state index is 12.4. The summed E-state index contributed by atoms with van der Waals surface area (Å²) in [7, 11) is 0. The van der Waals surface area contributed by atoms with Crippen LogP contribution in [0.5, 0.6) is 0 Å². The Labute approximate surface area is 177 Å². The van der Waals surface area contributed by atoms with Crippen LogP contribution in [0.25, 0.3) is 11.8 Å². The van der Waals surface area contributed by atoms with Crippen LogP contribution in [0.1, 0.15) is 17.0 Å². The normalized spacial score (nSPS) is 16.3. The summed E-state index contributed by atoms with van der Waals surface area (Å²) in [5.74, 6) is -0.199. The Morgan fingerprint density at radius 1 is 1.10 bits per heavy atom. The number of aromatic nitrogens is 1. The molecular weight excluding hydrogens is 400 g/mol. The van der Waals surface area contributed by atoms with Crippen LogP contribution in [-0.2, 0) is 4.79 Å². The van der Waals surface area contributed by atoms with E-state index in [4.69, 9.17) is 0 Å². The molecule has 1 fully saturated rings. The molecule has 30 heavy (non-hydrogen) atoms. The first-order chi connectivity index (χ1) is 14.4. The fraction of sp³-hybridized carbons (Fsp3) is 0.0909. The van der Waals surface area contributed by atoms with Gasteiger partial charge < -0.3 is 9.88 Å². The smallest absolute Gasteiger partial charge is 0.271 e. The van der Waals surface area contributed by atoms with E-state index in [1.54, 1.807) is 12.1 Å². The number of thioether (sulfide) groups is 1. The minimum absolute atomic E-state index is 0.0346. The van der Waals surface area contributed by atoms with E-state index in [1.807, 2.05) is 67.0 Å². The fourth-order valence-electron chi connectivity index (χ4n) is 3.32. The second kappa shape index (κ2) is 8.00. The number of hydrogen-bond acceptors (Lipinski definition) is 5. The van der Waals surface area contributed by atoms with Gasteiger partial charge in [0.25, 0.3) is 11.6 Å². The number of carbonyl (C=O) groups is 1. The monoisotopic (exact) mass is 418 g/mol. The van der Waals surface area contributed by atoms with Crippen molar-refractivity contribution in [3.8, 4) is 5.69 Å². The number of aliphatic imine (C=N–C) groups is 1. The highest BCUT2D eigenvalue weighted by molar-refractivity contribution is 8.18. The van der Waals surface area contributed by atoms with Crippen molar-refractivity contribution >= 4 is 40.3 Å². The molecule has 8 heteroatoms. The number of nitro benzene ring substituents is 1. The zero-order chi connectivity index (χ0) is 21.3. The van der Waals surface area contributed by atoms with Gasteiger partial charge >= 0.3 is 0 Å². The van der Waals surface area contributed by atoms with Gasteiger partial charge in [0.05, 0.1) is 21.2 Å². The number of benzene rings is 2. The average molecular weight is 418 g/mol. The molecule has 1 aromatic heterocycles. The third-order valence-corrected chi connectivity index (χ3v) is 5.60. The van der Waals surface area contributed by atoms with Crippen LogP contribution in [0.2, 0.25) is 0 Å². The molecular formula is C22H18N4O3S. The molecule has 150 valence electrons. The number of nitrogens with one attached hydrogen (secondary N) is 1. The molecule has 0 atom stereocenters. The molecule has 7 nitrogen and oxygen atoms in total. The van der Waals surface area contributed by atoms with Gasteiger partial charge in [-0.3, -0.25) is 14.9 Å². The van der Waals surface area contributed by atoms with Gasteiger partial charge in [-0.25, -0.2) is 4.99 Å². The molecule has 0 radical (unpaired) electrons. The van der Waals surface area contributed by atoms with Gasteiger partial charge in [0.15, 0.2) is 5.17 Å². The van der Waals surface area contributed by atoms with Gasteiger partial charge in [-0.2, -0.15) is 0 Å². The second-order valence-electron chi connectivity index (χ2n) is 6.76. The quantitative estimate of drug-likeness (QED) is 0.371. The van der Waals surface area contributed by atoms with Crippen molar-refractivity contribution in [1.82, 2.24) is 9.88 Å². The molecule has 1 aliphatic heterocycles. The second-order valence-corrected chi connectivity index (χ2v) is 7.79. The minimum atomic E-state index is -0.409. The van der Waals surface area contributed by atoms with Crippen molar-refractivity contribution in [3.05, 3.63) is 92.6 Å². The van der Waals surface area contributed by atoms with Gasteiger partial charge in [0.2, 0.25) is 0 Å². The maximum Gasteiger partial charge on any atom is 0.271 e. The lowest BCUT2D eigenvalue weighted by Gasteiger charge is -2.09. The van der Waals surface area contributed by atoms with E-state index in [-0.39, 0.29) is 11.6 Å². The Bertz CT molecular complexity index is 1210. The third kappa shape index (κ3) is 3.90. The highest BCUT2D eigenvalue weighted by Crippen LogP contribution is 2.31. The Morgan fingerprint density at radius 3 is 2.60 bits per heavy atom. The predicted octanol–water partition coefficient (Wildman–Crippen LogP) is 4.89. The van der Waals surface area contributed by atoms with Crippen molar-refractivity contribution in [2.75, 3.05) is 0 Å². The van der Waals surface area contributed by atoms with Crippen molar-refractivity contribution in [2.24, 2.45) is 4.99 Å². The van der Waals surface area contributed by atoms with Crippen molar-refractivity contribution in [3.63, 3.8) is 0 Å². The standard InChI is InChI=1S/C22H18N4O3S/c1-14-11-16(15(2)25(14)18-9-6-10-19(13-18)26(28)29)12-20-21(27)24-22(30-20)23-17-7-4-3-5-8-17/h3-13H,1-2H3,(H,23,24,27)/b20-12+. The summed E-state index contributed by atoms with van der Waals surface area (Å²) >= 11 is 1.29. The lowest BCUT2D eigenvalue weighted by Crippen LogP contribution is -2.19. The zero-order valence-electron chi connectivity index (χ0n) is 16.3. The number of rotatable bonds is 4. The third-order valence-electron chi connectivity index (χ3n) is 4.69. The molecule has 2 heterocycles. The van der Waals surface area contributed by atoms with E-state index in [9.17, 15) is 14.9 Å². The zero-order valence-corrected chi connectivity index (χ0v) is 17.1. The molecule has 0 bridgehead atoms. The number of hydrogen-bond donors (Lipinski definition) is 1. The number of carbonyl (C=O) groups excluding carboxylic acids is 1. The highest BCUT2D eigenvalue weighted by atomic mass is 32.2. The number of amides is 1. The number of nitrogens with zero attached hydrogens (tertiary/aromatic N) is 3. The highest BCUT2D eigenvalue weighted by Gasteiger charge is 2.24. The van der Waals surface area contributed by atoms with E-state index >= 15 is 0 Å². The van der Waals surface area contributed by atoms with Crippen LogP contribution < -0.4 is 5.32 Å². The fourth-order valence-corrected chi connectivity index (χ4v) is 4.15. The summed E-state index contributed by atoms with van der Waals surface area (Å²) in [4.78, 5) is 28.1. The Hall–Kier alpha value is -3.65. The number of aryl methyl sites for hydroxylation is 1. The molecule has 2 aromatic carbocycles. The molecule has 3 aromatic rings. The van der Waals surface area contributed by atoms with Gasteiger partial charge in [-0.1, -0.05) is 24.3 Å². The summed E-state index contributed by atoms with van der Waals surface area (Å²) in [5.41, 5.74) is 4.19. The lowest BCUT2D eigenvalue weighted by molar-refractivity contribution is -0.384. The van der Waals surface area contributed by atoms with Gasteiger partial charge in [0.1, 0.15) is 0 Å². The van der Waals surface area contributed by atoms with Crippen LogP contribution in [0.3, 0.4) is 0 Å². The average Bonchev–Trinajstić information content (AvgIpc) is 3.21. The topological polar surface area (TPSA) is 89.5 Å². The largest absolute Gasteiger partial charge is 0.318 e. The molecule has 0 aliphatic carbocycles. The van der Waals surface area contributed by atoms with Crippen LogP contribution in [-0.4, -0.2) is 20.6 Å². The Kier molecular flexibility index (Phi) is 5.24. The van der Waals surface area contributed by atoms with Gasteiger partial charge in [-0.15, -0.1) is 0 Å². The van der Waals surface area contributed by atoms with E-state index in [1.165, 1.54) is 17.8 Å². The summed E-state index contributed by atoms with van der Waals surface area (Å²) in [6.45, 7) is 3.85. The minimum Gasteiger partial charge on any atom is -0.318 e. The van der Waals surface area contributed by atoms with Crippen LogP contribution >= 0.6 is 11.8 Å². The van der Waals surface area contributed by atoms with E-state index in [0.29, 0.717) is 15.8 Å². The first-order valence-electron chi connectivity index (χ1n) is 9.21. The Morgan fingerprint density at radius 2 is 1.87 bits per heavy atom. The molecule has 1 amide bonds.